The van der Waals surface area contributed by atoms with Gasteiger partial charge in [-0.05, 0) is 42.0 Å². The van der Waals surface area contributed by atoms with Crippen LogP contribution in [-0.4, -0.2) is 31.6 Å². The topological polar surface area (TPSA) is 76.7 Å². The monoisotopic (exact) mass is 394 g/mol. The predicted molar refractivity (Wildman–Crippen MR) is 93.1 cm³/mol. The number of alkyl halides is 3. The van der Waals surface area contributed by atoms with Crippen molar-refractivity contribution in [1.82, 2.24) is 10.6 Å². The molecule has 0 bridgehead atoms. The fraction of sp³-hybridized carbons (Fsp3) is 0.263. The lowest BCUT2D eigenvalue weighted by molar-refractivity contribution is -0.137. The summed E-state index contributed by atoms with van der Waals surface area (Å²) < 4.78 is 48.5. The third-order valence-corrected chi connectivity index (χ3v) is 3.98. The number of amides is 2. The summed E-state index contributed by atoms with van der Waals surface area (Å²) in [5.41, 5.74) is -0.0134. The Labute approximate surface area is 158 Å². The van der Waals surface area contributed by atoms with E-state index in [0.29, 0.717) is 24.7 Å². The number of rotatable bonds is 5. The van der Waals surface area contributed by atoms with Gasteiger partial charge in [-0.2, -0.15) is 13.2 Å². The van der Waals surface area contributed by atoms with Crippen LogP contribution in [0.5, 0.6) is 11.5 Å². The molecule has 0 spiro atoms. The first-order valence-corrected chi connectivity index (χ1v) is 8.43. The van der Waals surface area contributed by atoms with E-state index < -0.39 is 23.6 Å². The molecule has 2 aromatic carbocycles. The van der Waals surface area contributed by atoms with Crippen molar-refractivity contribution in [3.63, 3.8) is 0 Å². The second kappa shape index (κ2) is 8.20. The lowest BCUT2D eigenvalue weighted by Gasteiger charge is -2.19. The van der Waals surface area contributed by atoms with Crippen LogP contribution in [0.1, 0.15) is 21.5 Å². The molecule has 9 heteroatoms. The molecule has 0 fully saturated rings. The largest absolute Gasteiger partial charge is 0.486 e. The van der Waals surface area contributed by atoms with Crippen molar-refractivity contribution in [3.8, 4) is 11.5 Å². The van der Waals surface area contributed by atoms with E-state index in [1.165, 1.54) is 0 Å². The molecule has 3 rings (SSSR count). The Kier molecular flexibility index (Phi) is 5.72. The van der Waals surface area contributed by atoms with E-state index in [1.54, 1.807) is 18.2 Å². The van der Waals surface area contributed by atoms with Crippen molar-refractivity contribution in [1.29, 1.82) is 0 Å². The third kappa shape index (κ3) is 4.93. The fourth-order valence-corrected chi connectivity index (χ4v) is 2.53. The molecule has 28 heavy (non-hydrogen) atoms. The van der Waals surface area contributed by atoms with Crippen LogP contribution >= 0.6 is 0 Å². The molecule has 0 saturated carbocycles. The van der Waals surface area contributed by atoms with Gasteiger partial charge in [-0.1, -0.05) is 6.07 Å². The predicted octanol–water partition coefficient (Wildman–Crippen LogP) is 2.52. The number of hydrogen-bond donors (Lipinski definition) is 2. The van der Waals surface area contributed by atoms with E-state index in [-0.39, 0.29) is 18.7 Å². The Morgan fingerprint density at radius 1 is 0.929 bits per heavy atom. The lowest BCUT2D eigenvalue weighted by atomic mass is 10.1. The summed E-state index contributed by atoms with van der Waals surface area (Å²) in [6.45, 7) is 0.872. The van der Waals surface area contributed by atoms with E-state index in [0.717, 1.165) is 29.8 Å². The highest BCUT2D eigenvalue weighted by Gasteiger charge is 2.30. The number of carbonyl (C=O) groups excluding carboxylic acids is 2. The van der Waals surface area contributed by atoms with Gasteiger partial charge in [0, 0.05) is 12.1 Å². The van der Waals surface area contributed by atoms with E-state index >= 15 is 0 Å². The van der Waals surface area contributed by atoms with E-state index in [4.69, 9.17) is 9.47 Å². The summed E-state index contributed by atoms with van der Waals surface area (Å²) in [4.78, 5) is 23.8. The molecule has 2 amide bonds. The Morgan fingerprint density at radius 2 is 1.61 bits per heavy atom. The van der Waals surface area contributed by atoms with Gasteiger partial charge in [-0.3, -0.25) is 9.59 Å². The van der Waals surface area contributed by atoms with Crippen LogP contribution in [0.3, 0.4) is 0 Å². The highest BCUT2D eigenvalue weighted by atomic mass is 19.4. The average molecular weight is 394 g/mol. The molecular weight excluding hydrogens is 377 g/mol. The van der Waals surface area contributed by atoms with Crippen LogP contribution in [0.15, 0.2) is 42.5 Å². The maximum absolute atomic E-state index is 12.5. The van der Waals surface area contributed by atoms with Crippen molar-refractivity contribution in [3.05, 3.63) is 59.2 Å². The summed E-state index contributed by atoms with van der Waals surface area (Å²) in [7, 11) is 0. The number of nitrogens with one attached hydrogen (secondary N) is 2. The van der Waals surface area contributed by atoms with Crippen LogP contribution in [0, 0.1) is 0 Å². The highest BCUT2D eigenvalue weighted by Crippen LogP contribution is 2.31. The van der Waals surface area contributed by atoms with Gasteiger partial charge in [0.25, 0.3) is 5.91 Å². The summed E-state index contributed by atoms with van der Waals surface area (Å²) in [5, 5.41) is 5.01. The van der Waals surface area contributed by atoms with E-state index in [2.05, 4.69) is 10.6 Å². The summed E-state index contributed by atoms with van der Waals surface area (Å²) in [6.07, 6.45) is -4.47. The zero-order valence-corrected chi connectivity index (χ0v) is 14.6. The Morgan fingerprint density at radius 3 is 2.29 bits per heavy atom. The van der Waals surface area contributed by atoms with Gasteiger partial charge in [0.05, 0.1) is 12.1 Å². The van der Waals surface area contributed by atoms with Gasteiger partial charge >= 0.3 is 6.18 Å². The SMILES string of the molecule is O=C(CNC(=O)c1ccc(C(F)(F)F)cc1)NCc1ccc2c(c1)OCCO2. The summed E-state index contributed by atoms with van der Waals surface area (Å²) in [6, 6.07) is 9.05. The molecule has 148 valence electrons. The number of hydrogen-bond acceptors (Lipinski definition) is 4. The lowest BCUT2D eigenvalue weighted by Crippen LogP contribution is -2.36. The highest BCUT2D eigenvalue weighted by molar-refractivity contribution is 5.96. The number of benzene rings is 2. The minimum atomic E-state index is -4.47. The van der Waals surface area contributed by atoms with Gasteiger partial charge < -0.3 is 20.1 Å². The van der Waals surface area contributed by atoms with Gasteiger partial charge in [-0.25, -0.2) is 0 Å². The van der Waals surface area contributed by atoms with Crippen LogP contribution < -0.4 is 20.1 Å². The molecule has 0 aromatic heterocycles. The molecule has 1 aliphatic heterocycles. The molecule has 0 unspecified atom stereocenters. The molecule has 0 atom stereocenters. The van der Waals surface area contributed by atoms with Crippen molar-refractivity contribution in [2.75, 3.05) is 19.8 Å². The Balaban J connectivity index is 1.47. The number of ether oxygens (including phenoxy) is 2. The first-order chi connectivity index (χ1) is 13.3. The summed E-state index contributed by atoms with van der Waals surface area (Å²) >= 11 is 0. The Bertz CT molecular complexity index is 866. The molecular formula is C19H17F3N2O4. The molecule has 1 aliphatic rings. The maximum atomic E-state index is 12.5. The van der Waals surface area contributed by atoms with Gasteiger partial charge in [0.2, 0.25) is 5.91 Å². The van der Waals surface area contributed by atoms with E-state index in [9.17, 15) is 22.8 Å². The minimum Gasteiger partial charge on any atom is -0.486 e. The quantitative estimate of drug-likeness (QED) is 0.817. The number of halogens is 3. The van der Waals surface area contributed by atoms with Crippen LogP contribution in [-0.2, 0) is 17.5 Å². The normalized spacial score (nSPS) is 13.0. The van der Waals surface area contributed by atoms with Crippen LogP contribution in [0.25, 0.3) is 0 Å². The van der Waals surface area contributed by atoms with Crippen molar-refractivity contribution >= 4 is 11.8 Å². The van der Waals surface area contributed by atoms with Gasteiger partial charge in [0.1, 0.15) is 13.2 Å². The molecule has 1 heterocycles. The average Bonchev–Trinajstić information content (AvgIpc) is 2.69. The summed E-state index contributed by atoms with van der Waals surface area (Å²) in [5.74, 6) is 0.178. The van der Waals surface area contributed by atoms with Crippen molar-refractivity contribution in [2.45, 2.75) is 12.7 Å². The van der Waals surface area contributed by atoms with Gasteiger partial charge in [-0.15, -0.1) is 0 Å². The molecule has 6 nitrogen and oxygen atoms in total. The molecule has 2 N–H and O–H groups in total. The molecule has 0 radical (unpaired) electrons. The van der Waals surface area contributed by atoms with Crippen molar-refractivity contribution < 1.29 is 32.2 Å². The second-order valence-corrected chi connectivity index (χ2v) is 6.01. The van der Waals surface area contributed by atoms with Crippen molar-refractivity contribution in [2.24, 2.45) is 0 Å². The zero-order valence-electron chi connectivity index (χ0n) is 14.6. The Hall–Kier alpha value is -3.23. The number of carbonyl (C=O) groups is 2. The molecule has 0 aliphatic carbocycles. The first-order valence-electron chi connectivity index (χ1n) is 8.43. The van der Waals surface area contributed by atoms with Gasteiger partial charge in [0.15, 0.2) is 11.5 Å². The third-order valence-electron chi connectivity index (χ3n) is 3.98. The molecule has 2 aromatic rings. The van der Waals surface area contributed by atoms with E-state index in [1.807, 2.05) is 0 Å². The first kappa shape index (κ1) is 19.5. The zero-order chi connectivity index (χ0) is 20.1. The molecule has 0 saturated heterocycles. The maximum Gasteiger partial charge on any atom is 0.416 e. The van der Waals surface area contributed by atoms with Crippen LogP contribution in [0.4, 0.5) is 13.2 Å². The van der Waals surface area contributed by atoms with Crippen LogP contribution in [0.2, 0.25) is 0 Å². The standard InChI is InChI=1S/C19H17F3N2O4/c20-19(21,22)14-4-2-13(3-5-14)18(26)24-11-17(25)23-10-12-1-6-15-16(9-12)28-8-7-27-15/h1-6,9H,7-8,10-11H2,(H,23,25)(H,24,26). The fourth-order valence-electron chi connectivity index (χ4n) is 2.53. The minimum absolute atomic E-state index is 0.0348. The second-order valence-electron chi connectivity index (χ2n) is 6.01. The smallest absolute Gasteiger partial charge is 0.416 e. The number of fused-ring (bicyclic) bond motifs is 1.